The van der Waals surface area contributed by atoms with Crippen molar-refractivity contribution in [1.82, 2.24) is 4.90 Å². The molecule has 13 heteroatoms. The van der Waals surface area contributed by atoms with E-state index in [4.69, 9.17) is 28.9 Å². The lowest BCUT2D eigenvalue weighted by molar-refractivity contribution is -0.384. The summed E-state index contributed by atoms with van der Waals surface area (Å²) in [5, 5.41) is 36.3. The standard InChI is InChI=1S/C47H59N3O10/c1-7-24-57-47-42(49(5)43(53)26-31-14-12-17-34(25-31)56-6)30-40(48-60-46(2,3)4)38-27-32(15-8-10-22-51)37(19-9-11-23-52)44(45(38)47)39-29-36(20-21-41(39)59-47)58-35-18-13-16-33(28-35)50(54)55/h7,12-14,16-18,20-21,25,27-29,32,37,42,44-45,51-52H,1,8-11,15,19,22-24,26,30H2,2-6H3/t32-,37+,42-,44+,45+,47+/m0/s1. The van der Waals surface area contributed by atoms with Crippen LogP contribution in [0, 0.1) is 27.9 Å². The Morgan fingerprint density at radius 3 is 2.43 bits per heavy atom. The molecule has 0 aromatic heterocycles. The van der Waals surface area contributed by atoms with Crippen LogP contribution in [0.15, 0.2) is 96.2 Å². The van der Waals surface area contributed by atoms with E-state index in [-0.39, 0.29) is 62.0 Å². The Morgan fingerprint density at radius 1 is 1.02 bits per heavy atom. The summed E-state index contributed by atoms with van der Waals surface area (Å²) in [6, 6.07) is 18.4. The molecule has 1 aliphatic heterocycles. The summed E-state index contributed by atoms with van der Waals surface area (Å²) in [5.74, 6) is -0.269. The van der Waals surface area contributed by atoms with Gasteiger partial charge in [0, 0.05) is 44.2 Å². The fourth-order valence-corrected chi connectivity index (χ4v) is 9.04. The monoisotopic (exact) mass is 825 g/mol. The van der Waals surface area contributed by atoms with Gasteiger partial charge in [-0.15, -0.1) is 6.58 Å². The second kappa shape index (κ2) is 19.4. The fourth-order valence-electron chi connectivity index (χ4n) is 9.04. The maximum absolute atomic E-state index is 14.5. The molecule has 1 amide bonds. The minimum absolute atomic E-state index is 0.00716. The van der Waals surface area contributed by atoms with Crippen molar-refractivity contribution in [3.8, 4) is 23.0 Å². The van der Waals surface area contributed by atoms with Gasteiger partial charge in [-0.3, -0.25) is 14.9 Å². The number of nitro groups is 1. The zero-order chi connectivity index (χ0) is 43.0. The maximum atomic E-state index is 14.5. The zero-order valence-electron chi connectivity index (χ0n) is 35.4. The Morgan fingerprint density at radius 2 is 1.73 bits per heavy atom. The maximum Gasteiger partial charge on any atom is 0.273 e. The van der Waals surface area contributed by atoms with Crippen molar-refractivity contribution < 1.29 is 43.7 Å². The van der Waals surface area contributed by atoms with Crippen LogP contribution in [0.25, 0.3) is 0 Å². The first-order valence-corrected chi connectivity index (χ1v) is 20.9. The van der Waals surface area contributed by atoms with Crippen LogP contribution in [-0.4, -0.2) is 83.1 Å². The van der Waals surface area contributed by atoms with E-state index in [1.165, 1.54) is 12.1 Å². The predicted molar refractivity (Wildman–Crippen MR) is 228 cm³/mol. The number of fused-ring (bicyclic) bond motifs is 2. The molecule has 1 saturated carbocycles. The van der Waals surface area contributed by atoms with Gasteiger partial charge in [0.2, 0.25) is 11.7 Å². The Bertz CT molecular complexity index is 2060. The van der Waals surface area contributed by atoms with Crippen LogP contribution in [0.3, 0.4) is 0 Å². The molecule has 13 nitrogen and oxygen atoms in total. The summed E-state index contributed by atoms with van der Waals surface area (Å²) in [7, 11) is 3.38. The van der Waals surface area contributed by atoms with E-state index in [2.05, 4.69) is 12.7 Å². The number of allylic oxidation sites excluding steroid dienone is 1. The van der Waals surface area contributed by atoms with E-state index in [1.54, 1.807) is 43.3 Å². The molecule has 3 aliphatic rings. The van der Waals surface area contributed by atoms with Gasteiger partial charge in [0.05, 0.1) is 42.8 Å². The second-order valence-corrected chi connectivity index (χ2v) is 16.9. The van der Waals surface area contributed by atoms with E-state index in [1.807, 2.05) is 57.2 Å². The molecule has 2 aliphatic carbocycles. The Labute approximate surface area is 352 Å². The first kappa shape index (κ1) is 44.3. The van der Waals surface area contributed by atoms with Gasteiger partial charge in [-0.25, -0.2) is 0 Å². The van der Waals surface area contributed by atoms with Crippen LogP contribution in [-0.2, 0) is 20.8 Å². The average Bonchev–Trinajstić information content (AvgIpc) is 3.23. The Kier molecular flexibility index (Phi) is 14.4. The van der Waals surface area contributed by atoms with Crippen molar-refractivity contribution in [2.75, 3.05) is 34.0 Å². The summed E-state index contributed by atoms with van der Waals surface area (Å²) in [6.07, 6.45) is 8.76. The molecule has 1 fully saturated rings. The molecule has 0 bridgehead atoms. The lowest BCUT2D eigenvalue weighted by Crippen LogP contribution is -2.69. The Hall–Kier alpha value is -5.24. The van der Waals surface area contributed by atoms with E-state index >= 15 is 0 Å². The highest BCUT2D eigenvalue weighted by Crippen LogP contribution is 2.62. The number of non-ortho nitro benzene ring substituents is 1. The molecular weight excluding hydrogens is 767 g/mol. The quantitative estimate of drug-likeness (QED) is 0.0519. The topological polar surface area (TPSA) is 162 Å². The minimum atomic E-state index is -1.41. The van der Waals surface area contributed by atoms with E-state index < -0.39 is 28.3 Å². The average molecular weight is 826 g/mol. The largest absolute Gasteiger partial charge is 0.497 e. The number of carbonyl (C=O) groups is 1. The molecule has 0 unspecified atom stereocenters. The van der Waals surface area contributed by atoms with Crippen molar-refractivity contribution in [3.63, 3.8) is 0 Å². The fraction of sp³-hybridized carbons (Fsp3) is 0.489. The lowest BCUT2D eigenvalue weighted by Gasteiger charge is -2.59. The van der Waals surface area contributed by atoms with Crippen LogP contribution in [0.2, 0.25) is 0 Å². The summed E-state index contributed by atoms with van der Waals surface area (Å²) in [5.41, 5.74) is 2.58. The third-order valence-electron chi connectivity index (χ3n) is 11.7. The van der Waals surface area contributed by atoms with Crippen molar-refractivity contribution in [3.05, 3.63) is 112 Å². The van der Waals surface area contributed by atoms with Gasteiger partial charge >= 0.3 is 0 Å². The summed E-state index contributed by atoms with van der Waals surface area (Å²) >= 11 is 0. The van der Waals surface area contributed by atoms with Gasteiger partial charge in [0.15, 0.2) is 0 Å². The number of nitrogens with zero attached hydrogens (tertiary/aromatic N) is 3. The van der Waals surface area contributed by atoms with E-state index in [9.17, 15) is 25.1 Å². The molecule has 3 aromatic rings. The number of hydrogen-bond donors (Lipinski definition) is 2. The van der Waals surface area contributed by atoms with Crippen LogP contribution in [0.1, 0.15) is 82.8 Å². The minimum Gasteiger partial charge on any atom is -0.497 e. The smallest absolute Gasteiger partial charge is 0.273 e. The normalized spacial score (nSPS) is 23.7. The number of unbranched alkanes of at least 4 members (excludes halogenated alkanes) is 2. The number of aliphatic hydroxyl groups excluding tert-OH is 2. The number of aliphatic hydroxyl groups is 2. The zero-order valence-corrected chi connectivity index (χ0v) is 35.4. The Balaban J connectivity index is 1.56. The number of carbonyl (C=O) groups excluding carboxylic acids is 1. The molecule has 3 aromatic carbocycles. The SMILES string of the molecule is C=CCO[C@@]12Oc3ccc(Oc4cccc([N+](=O)[O-])c4)cc3[C@H]3[C@H](CCCCO)[C@@H](CCCCO)C=C(C(=NOC(C)(C)C)C[C@@H]1N(C)C(=O)Cc1cccc(OC)c1)[C@H]32. The third-order valence-corrected chi connectivity index (χ3v) is 11.7. The highest BCUT2D eigenvalue weighted by atomic mass is 16.7. The molecule has 2 N–H and O–H groups in total. The lowest BCUT2D eigenvalue weighted by atomic mass is 9.55. The highest BCUT2D eigenvalue weighted by Gasteiger charge is 2.65. The summed E-state index contributed by atoms with van der Waals surface area (Å²) in [4.78, 5) is 33.6. The molecule has 1 heterocycles. The van der Waals surface area contributed by atoms with Crippen LogP contribution >= 0.6 is 0 Å². The van der Waals surface area contributed by atoms with Crippen LogP contribution in [0.5, 0.6) is 23.0 Å². The highest BCUT2D eigenvalue weighted by molar-refractivity contribution is 6.03. The summed E-state index contributed by atoms with van der Waals surface area (Å²) < 4.78 is 26.0. The molecule has 322 valence electrons. The number of oxime groups is 1. The van der Waals surface area contributed by atoms with Crippen molar-refractivity contribution in [2.45, 2.75) is 95.5 Å². The van der Waals surface area contributed by atoms with Crippen molar-refractivity contribution >= 4 is 17.3 Å². The first-order chi connectivity index (χ1) is 28.8. The summed E-state index contributed by atoms with van der Waals surface area (Å²) in [6.45, 7) is 10.1. The van der Waals surface area contributed by atoms with Gasteiger partial charge < -0.3 is 38.9 Å². The van der Waals surface area contributed by atoms with E-state index in [0.717, 1.165) is 42.4 Å². The second-order valence-electron chi connectivity index (χ2n) is 16.9. The van der Waals surface area contributed by atoms with Gasteiger partial charge in [-0.05, 0) is 106 Å². The predicted octanol–water partition coefficient (Wildman–Crippen LogP) is 8.53. The molecule has 0 spiro atoms. The van der Waals surface area contributed by atoms with Crippen molar-refractivity contribution in [1.29, 1.82) is 0 Å². The van der Waals surface area contributed by atoms with Gasteiger partial charge in [0.1, 0.15) is 34.6 Å². The number of methoxy groups -OCH3 is 1. The third kappa shape index (κ3) is 9.86. The molecule has 0 radical (unpaired) electrons. The van der Waals surface area contributed by atoms with Crippen LogP contribution < -0.4 is 14.2 Å². The van der Waals surface area contributed by atoms with Gasteiger partial charge in [-0.2, -0.15) is 0 Å². The first-order valence-electron chi connectivity index (χ1n) is 20.9. The molecule has 60 heavy (non-hydrogen) atoms. The van der Waals surface area contributed by atoms with Gasteiger partial charge in [-0.1, -0.05) is 48.3 Å². The number of likely N-dealkylation sites (N-methyl/N-ethyl adjacent to an activating group) is 1. The molecule has 0 saturated heterocycles. The number of benzene rings is 3. The van der Waals surface area contributed by atoms with Crippen LogP contribution in [0.4, 0.5) is 5.69 Å². The number of hydrogen-bond acceptors (Lipinski definition) is 11. The number of amides is 1. The number of rotatable bonds is 19. The number of ether oxygens (including phenoxy) is 4. The molecule has 6 atom stereocenters. The van der Waals surface area contributed by atoms with E-state index in [0.29, 0.717) is 41.6 Å². The molecule has 6 rings (SSSR count). The van der Waals surface area contributed by atoms with Crippen molar-refractivity contribution in [2.24, 2.45) is 22.9 Å². The van der Waals surface area contributed by atoms with Gasteiger partial charge in [0.25, 0.3) is 5.69 Å². The number of nitro benzene ring substituents is 1. The molecular formula is C47H59N3O10.